The van der Waals surface area contributed by atoms with Crippen LogP contribution in [0.25, 0.3) is 0 Å². The molecule has 0 saturated carbocycles. The van der Waals surface area contributed by atoms with Gasteiger partial charge in [0, 0.05) is 0 Å². The summed E-state index contributed by atoms with van der Waals surface area (Å²) in [5.74, 6) is -0.337. The van der Waals surface area contributed by atoms with Gasteiger partial charge in [-0.25, -0.2) is 14.2 Å². The van der Waals surface area contributed by atoms with Crippen LogP contribution in [-0.4, -0.2) is 62.8 Å². The molecule has 0 radical (unpaired) electrons. The van der Waals surface area contributed by atoms with Gasteiger partial charge >= 0.3 is 16.2 Å². The number of hydrogen-bond donors (Lipinski definition) is 3. The molecular weight excluding hydrogens is 398 g/mol. The zero-order chi connectivity index (χ0) is 20.7. The Morgan fingerprint density at radius 2 is 1.18 bits per heavy atom. The maximum atomic E-state index is 12.1. The van der Waals surface area contributed by atoms with E-state index in [1.54, 1.807) is 4.72 Å². The zero-order valence-electron chi connectivity index (χ0n) is 15.2. The first-order valence-corrected chi connectivity index (χ1v) is 8.82. The maximum absolute atomic E-state index is 12.1. The molecular formula is C13H17N7O7S. The van der Waals surface area contributed by atoms with Gasteiger partial charge in [-0.15, -0.1) is 0 Å². The molecule has 2 heterocycles. The van der Waals surface area contributed by atoms with Crippen molar-refractivity contribution in [3.8, 4) is 23.5 Å². The Kier molecular flexibility index (Phi) is 6.54. The van der Waals surface area contributed by atoms with Crippen molar-refractivity contribution in [1.29, 1.82) is 0 Å². The number of aromatic nitrogens is 4. The lowest BCUT2D eigenvalue weighted by Gasteiger charge is -2.11. The van der Waals surface area contributed by atoms with E-state index < -0.39 is 16.2 Å². The van der Waals surface area contributed by atoms with Crippen molar-refractivity contribution in [2.45, 2.75) is 0 Å². The van der Waals surface area contributed by atoms with E-state index in [9.17, 15) is 13.2 Å². The van der Waals surface area contributed by atoms with Gasteiger partial charge in [0.1, 0.15) is 0 Å². The van der Waals surface area contributed by atoms with Gasteiger partial charge in [0.25, 0.3) is 0 Å². The molecule has 0 aliphatic carbocycles. The number of amides is 2. The predicted molar refractivity (Wildman–Crippen MR) is 95.0 cm³/mol. The summed E-state index contributed by atoms with van der Waals surface area (Å²) < 4.78 is 47.5. The van der Waals surface area contributed by atoms with Gasteiger partial charge in [0.2, 0.25) is 35.4 Å². The third kappa shape index (κ3) is 5.70. The van der Waals surface area contributed by atoms with Crippen molar-refractivity contribution < 1.29 is 32.2 Å². The van der Waals surface area contributed by atoms with Crippen LogP contribution in [0.3, 0.4) is 0 Å². The largest absolute Gasteiger partial charge is 0.481 e. The van der Waals surface area contributed by atoms with Crippen LogP contribution >= 0.6 is 0 Å². The summed E-state index contributed by atoms with van der Waals surface area (Å²) in [5.41, 5.74) is 0. The Labute approximate surface area is 159 Å². The smallest absolute Gasteiger partial charge is 0.336 e. The van der Waals surface area contributed by atoms with Crippen LogP contribution in [0.15, 0.2) is 12.1 Å². The van der Waals surface area contributed by atoms with Crippen molar-refractivity contribution in [1.82, 2.24) is 24.7 Å². The molecule has 0 aliphatic heterocycles. The van der Waals surface area contributed by atoms with E-state index in [4.69, 9.17) is 18.9 Å². The quantitative estimate of drug-likeness (QED) is 0.519. The van der Waals surface area contributed by atoms with E-state index in [1.807, 2.05) is 4.72 Å². The van der Waals surface area contributed by atoms with Crippen LogP contribution in [-0.2, 0) is 10.2 Å². The molecule has 0 aliphatic rings. The van der Waals surface area contributed by atoms with Crippen LogP contribution in [0.4, 0.5) is 16.7 Å². The molecule has 3 N–H and O–H groups in total. The minimum absolute atomic E-state index is 0.0471. The Balaban J connectivity index is 2.11. The normalized spacial score (nSPS) is 10.6. The SMILES string of the molecule is COc1cc(OC)nc(NC(=O)NS(=O)(=O)Nc2nc(OC)cc(OC)n2)n1. The third-order valence-corrected chi connectivity index (χ3v) is 3.78. The van der Waals surface area contributed by atoms with Gasteiger partial charge < -0.3 is 18.9 Å². The molecule has 2 aromatic heterocycles. The molecule has 2 rings (SSSR count). The minimum Gasteiger partial charge on any atom is -0.481 e. The second-order valence-electron chi connectivity index (χ2n) is 4.71. The fraction of sp³-hybridized carbons (Fsp3) is 0.308. The number of methoxy groups -OCH3 is 4. The van der Waals surface area contributed by atoms with E-state index >= 15 is 0 Å². The summed E-state index contributed by atoms with van der Waals surface area (Å²) in [6.45, 7) is 0. The average molecular weight is 415 g/mol. The lowest BCUT2D eigenvalue weighted by Crippen LogP contribution is -2.39. The molecule has 0 bridgehead atoms. The number of carbonyl (C=O) groups is 1. The highest BCUT2D eigenvalue weighted by atomic mass is 32.2. The van der Waals surface area contributed by atoms with E-state index in [1.165, 1.54) is 40.6 Å². The molecule has 0 aromatic carbocycles. The van der Waals surface area contributed by atoms with Crippen molar-refractivity contribution in [3.63, 3.8) is 0 Å². The number of carbonyl (C=O) groups excluding carboxylic acids is 1. The van der Waals surface area contributed by atoms with Gasteiger partial charge in [-0.05, 0) is 0 Å². The molecule has 2 aromatic rings. The highest BCUT2D eigenvalue weighted by Gasteiger charge is 2.18. The first-order valence-electron chi connectivity index (χ1n) is 7.34. The summed E-state index contributed by atoms with van der Waals surface area (Å²) in [5, 5.41) is 2.14. The Morgan fingerprint density at radius 3 is 1.57 bits per heavy atom. The third-order valence-electron chi connectivity index (χ3n) is 2.87. The molecule has 15 heteroatoms. The molecule has 0 atom stereocenters. The van der Waals surface area contributed by atoms with Crippen molar-refractivity contribution in [2.75, 3.05) is 38.5 Å². The van der Waals surface area contributed by atoms with E-state index in [0.717, 1.165) is 0 Å². The number of nitrogens with zero attached hydrogens (tertiary/aromatic N) is 4. The van der Waals surface area contributed by atoms with Crippen molar-refractivity contribution in [3.05, 3.63) is 12.1 Å². The van der Waals surface area contributed by atoms with Gasteiger partial charge in [0.15, 0.2) is 0 Å². The topological polar surface area (TPSA) is 176 Å². The van der Waals surface area contributed by atoms with Crippen molar-refractivity contribution >= 4 is 28.1 Å². The highest BCUT2D eigenvalue weighted by Crippen LogP contribution is 2.18. The number of urea groups is 1. The number of nitrogens with one attached hydrogen (secondary N) is 3. The summed E-state index contributed by atoms with van der Waals surface area (Å²) in [6, 6.07) is 1.55. The van der Waals surface area contributed by atoms with Gasteiger partial charge in [-0.1, -0.05) is 0 Å². The fourth-order valence-corrected chi connectivity index (χ4v) is 2.40. The molecule has 28 heavy (non-hydrogen) atoms. The monoisotopic (exact) mass is 415 g/mol. The average Bonchev–Trinajstić information content (AvgIpc) is 2.65. The van der Waals surface area contributed by atoms with Crippen LogP contribution in [0.5, 0.6) is 23.5 Å². The zero-order valence-corrected chi connectivity index (χ0v) is 16.0. The van der Waals surface area contributed by atoms with Crippen LogP contribution in [0.2, 0.25) is 0 Å². The van der Waals surface area contributed by atoms with Crippen LogP contribution in [0.1, 0.15) is 0 Å². The summed E-state index contributed by atoms with van der Waals surface area (Å²) >= 11 is 0. The Bertz CT molecular complexity index is 910. The number of hydrogen-bond acceptors (Lipinski definition) is 11. The first-order chi connectivity index (χ1) is 13.3. The van der Waals surface area contributed by atoms with E-state index in [-0.39, 0.29) is 35.4 Å². The standard InChI is InChI=1S/C13H17N7O7S/c1-24-7-5-8(25-2)15-11(14-7)18-13(21)20-28(22,23)19-12-16-9(26-3)6-10(17-12)27-4/h5-6H,1-4H3,(H,16,17,19)(H2,14,15,18,20,21). The second kappa shape index (κ2) is 8.85. The van der Waals surface area contributed by atoms with Crippen molar-refractivity contribution in [2.24, 2.45) is 0 Å². The van der Waals surface area contributed by atoms with E-state index in [2.05, 4.69) is 25.3 Å². The Morgan fingerprint density at radius 1 is 0.786 bits per heavy atom. The summed E-state index contributed by atoms with van der Waals surface area (Å²) in [4.78, 5) is 27.2. The van der Waals surface area contributed by atoms with E-state index in [0.29, 0.717) is 0 Å². The van der Waals surface area contributed by atoms with Gasteiger partial charge in [0.05, 0.1) is 40.6 Å². The molecule has 14 nitrogen and oxygen atoms in total. The second-order valence-corrected chi connectivity index (χ2v) is 6.13. The lowest BCUT2D eigenvalue weighted by molar-refractivity contribution is 0.256. The maximum Gasteiger partial charge on any atom is 0.336 e. The number of anilines is 2. The highest BCUT2D eigenvalue weighted by molar-refractivity contribution is 7.91. The Hall–Kier alpha value is -3.62. The molecule has 0 spiro atoms. The minimum atomic E-state index is -4.40. The molecule has 0 fully saturated rings. The first kappa shape index (κ1) is 20.7. The van der Waals surface area contributed by atoms with Gasteiger partial charge in [-0.3, -0.25) is 5.32 Å². The molecule has 0 saturated heterocycles. The van der Waals surface area contributed by atoms with Crippen LogP contribution in [0, 0.1) is 0 Å². The predicted octanol–water partition coefficient (Wildman–Crippen LogP) is -0.221. The number of ether oxygens (including phenoxy) is 4. The fourth-order valence-electron chi connectivity index (χ4n) is 1.72. The molecule has 152 valence electrons. The van der Waals surface area contributed by atoms with Crippen LogP contribution < -0.4 is 33.7 Å². The number of rotatable bonds is 8. The molecule has 2 amide bonds. The lowest BCUT2D eigenvalue weighted by atomic mass is 10.6. The molecule has 0 unspecified atom stereocenters. The summed E-state index contributed by atoms with van der Waals surface area (Å²) in [7, 11) is 0.953. The van der Waals surface area contributed by atoms with Gasteiger partial charge in [-0.2, -0.15) is 28.4 Å². The summed E-state index contributed by atoms with van der Waals surface area (Å²) in [6.07, 6.45) is 0.